The third kappa shape index (κ3) is 4.67. The fourth-order valence-electron chi connectivity index (χ4n) is 2.00. The molecule has 2 rings (SSSR count). The fourth-order valence-corrected chi connectivity index (χ4v) is 2.00. The predicted octanol–water partition coefficient (Wildman–Crippen LogP) is 1.03. The highest BCUT2D eigenvalue weighted by Crippen LogP contribution is 2.19. The maximum atomic E-state index is 11.9. The Morgan fingerprint density at radius 1 is 1.16 bits per heavy atom. The Balaban J connectivity index is 1.90. The first-order valence-electron chi connectivity index (χ1n) is 7.37. The quantitative estimate of drug-likeness (QED) is 0.550. The minimum Gasteiger partial charge on any atom is -0.466 e. The first-order chi connectivity index (χ1) is 11.8. The minimum absolute atomic E-state index is 0.200. The topological polar surface area (TPSA) is 118 Å². The van der Waals surface area contributed by atoms with Crippen molar-refractivity contribution in [3.05, 3.63) is 54.0 Å². The number of anilines is 1. The number of rotatable bonds is 5. The molecule has 0 saturated heterocycles. The summed E-state index contributed by atoms with van der Waals surface area (Å²) in [4.78, 5) is 35.0. The second-order valence-electron chi connectivity index (χ2n) is 5.46. The second-order valence-corrected chi connectivity index (χ2v) is 5.46. The van der Waals surface area contributed by atoms with Crippen molar-refractivity contribution in [3.63, 3.8) is 0 Å². The van der Waals surface area contributed by atoms with Crippen LogP contribution >= 0.6 is 0 Å². The van der Waals surface area contributed by atoms with Crippen LogP contribution in [0.15, 0.2) is 47.1 Å². The number of amides is 2. The van der Waals surface area contributed by atoms with Gasteiger partial charge in [0.05, 0.1) is 25.5 Å². The lowest BCUT2D eigenvalue weighted by atomic mass is 10.0. The highest BCUT2D eigenvalue weighted by atomic mass is 16.5. The number of carbonyl (C=O) groups excluding carboxylic acids is 3. The number of hydrogen-bond acceptors (Lipinski definition) is 6. The van der Waals surface area contributed by atoms with Gasteiger partial charge in [0.25, 0.3) is 0 Å². The summed E-state index contributed by atoms with van der Waals surface area (Å²) < 4.78 is 9.65. The Bertz CT molecular complexity index is 750. The third-order valence-electron chi connectivity index (χ3n) is 3.42. The minimum atomic E-state index is -1.44. The number of carbonyl (C=O) groups is 3. The Hall–Kier alpha value is -3.13. The van der Waals surface area contributed by atoms with Gasteiger partial charge < -0.3 is 24.9 Å². The predicted molar refractivity (Wildman–Crippen MR) is 87.7 cm³/mol. The molecule has 0 aliphatic rings. The molecular formula is C17H18N2O6. The summed E-state index contributed by atoms with van der Waals surface area (Å²) in [5.74, 6) is -2.05. The number of aliphatic hydroxyl groups is 1. The number of furan rings is 1. The normalized spacial score (nSPS) is 12.8. The van der Waals surface area contributed by atoms with E-state index in [2.05, 4.69) is 15.4 Å². The van der Waals surface area contributed by atoms with E-state index in [1.54, 1.807) is 12.1 Å². The lowest BCUT2D eigenvalue weighted by molar-refractivity contribution is -0.136. The highest BCUT2D eigenvalue weighted by Gasteiger charge is 2.28. The lowest BCUT2D eigenvalue weighted by Crippen LogP contribution is -2.43. The fraction of sp³-hybridized carbons (Fsp3) is 0.235. The molecule has 0 aliphatic heterocycles. The Morgan fingerprint density at radius 2 is 1.84 bits per heavy atom. The standard InChI is InChI=1S/C17H18N2O6/c1-17(23,13-4-3-9-25-13)10-18-14(20)15(21)19-12-7-5-11(6-8-12)16(22)24-2/h3-9,23H,10H2,1-2H3,(H,18,20)(H,19,21). The molecule has 1 heterocycles. The Labute approximate surface area is 143 Å². The average Bonchev–Trinajstić information content (AvgIpc) is 3.15. The first-order valence-corrected chi connectivity index (χ1v) is 7.37. The van der Waals surface area contributed by atoms with Crippen molar-refractivity contribution >= 4 is 23.5 Å². The summed E-state index contributed by atoms with van der Waals surface area (Å²) in [5.41, 5.74) is -0.785. The highest BCUT2D eigenvalue weighted by molar-refractivity contribution is 6.39. The molecule has 0 aliphatic carbocycles. The number of esters is 1. The van der Waals surface area contributed by atoms with Gasteiger partial charge in [-0.3, -0.25) is 9.59 Å². The van der Waals surface area contributed by atoms with E-state index in [0.717, 1.165) is 0 Å². The smallest absolute Gasteiger partial charge is 0.337 e. The van der Waals surface area contributed by atoms with E-state index in [1.807, 2.05) is 0 Å². The van der Waals surface area contributed by atoms with Crippen molar-refractivity contribution < 1.29 is 28.6 Å². The zero-order valence-electron chi connectivity index (χ0n) is 13.7. The van der Waals surface area contributed by atoms with Crippen LogP contribution in [0.1, 0.15) is 23.0 Å². The van der Waals surface area contributed by atoms with Crippen molar-refractivity contribution in [2.45, 2.75) is 12.5 Å². The van der Waals surface area contributed by atoms with E-state index < -0.39 is 23.4 Å². The molecule has 0 spiro atoms. The Kier molecular flexibility index (Phi) is 5.56. The zero-order chi connectivity index (χ0) is 18.4. The van der Waals surface area contributed by atoms with Crippen molar-refractivity contribution in [3.8, 4) is 0 Å². The number of nitrogens with one attached hydrogen (secondary N) is 2. The maximum absolute atomic E-state index is 11.9. The molecule has 1 unspecified atom stereocenters. The van der Waals surface area contributed by atoms with Gasteiger partial charge >= 0.3 is 17.8 Å². The van der Waals surface area contributed by atoms with Crippen LogP contribution < -0.4 is 10.6 Å². The largest absolute Gasteiger partial charge is 0.466 e. The van der Waals surface area contributed by atoms with Gasteiger partial charge in [-0.2, -0.15) is 0 Å². The number of hydrogen-bond donors (Lipinski definition) is 3. The van der Waals surface area contributed by atoms with Crippen LogP contribution in [0.4, 0.5) is 5.69 Å². The van der Waals surface area contributed by atoms with Crippen LogP contribution in [0.3, 0.4) is 0 Å². The van der Waals surface area contributed by atoms with Gasteiger partial charge in [0, 0.05) is 5.69 Å². The molecule has 2 aromatic rings. The van der Waals surface area contributed by atoms with Crippen LogP contribution in [0.25, 0.3) is 0 Å². The van der Waals surface area contributed by atoms with Crippen molar-refractivity contribution in [1.82, 2.24) is 5.32 Å². The van der Waals surface area contributed by atoms with Crippen molar-refractivity contribution in [2.75, 3.05) is 19.0 Å². The number of ether oxygens (including phenoxy) is 1. The van der Waals surface area contributed by atoms with E-state index in [4.69, 9.17) is 4.42 Å². The zero-order valence-corrected chi connectivity index (χ0v) is 13.7. The van der Waals surface area contributed by atoms with E-state index in [1.165, 1.54) is 44.6 Å². The van der Waals surface area contributed by atoms with Gasteiger partial charge in [-0.25, -0.2) is 4.79 Å². The van der Waals surface area contributed by atoms with Gasteiger partial charge in [0.1, 0.15) is 11.4 Å². The molecule has 1 aromatic carbocycles. The van der Waals surface area contributed by atoms with Crippen molar-refractivity contribution in [1.29, 1.82) is 0 Å². The van der Waals surface area contributed by atoms with Gasteiger partial charge in [0.15, 0.2) is 0 Å². The third-order valence-corrected chi connectivity index (χ3v) is 3.42. The van der Waals surface area contributed by atoms with Crippen LogP contribution in [0, 0.1) is 0 Å². The Morgan fingerprint density at radius 3 is 2.40 bits per heavy atom. The van der Waals surface area contributed by atoms with Gasteiger partial charge in [-0.15, -0.1) is 0 Å². The molecular weight excluding hydrogens is 328 g/mol. The van der Waals surface area contributed by atoms with Gasteiger partial charge in [-0.05, 0) is 43.3 Å². The molecule has 132 valence electrons. The van der Waals surface area contributed by atoms with E-state index in [9.17, 15) is 19.5 Å². The molecule has 8 nitrogen and oxygen atoms in total. The molecule has 0 fully saturated rings. The van der Waals surface area contributed by atoms with Crippen LogP contribution in [-0.2, 0) is 19.9 Å². The molecule has 0 saturated carbocycles. The molecule has 3 N–H and O–H groups in total. The van der Waals surface area contributed by atoms with E-state index >= 15 is 0 Å². The van der Waals surface area contributed by atoms with Crippen LogP contribution in [-0.4, -0.2) is 36.5 Å². The monoisotopic (exact) mass is 346 g/mol. The molecule has 0 radical (unpaired) electrons. The van der Waals surface area contributed by atoms with Gasteiger partial charge in [0.2, 0.25) is 0 Å². The maximum Gasteiger partial charge on any atom is 0.337 e. The summed E-state index contributed by atoms with van der Waals surface area (Å²) in [6, 6.07) is 9.03. The second kappa shape index (κ2) is 7.63. The van der Waals surface area contributed by atoms with E-state index in [-0.39, 0.29) is 12.3 Å². The van der Waals surface area contributed by atoms with Crippen molar-refractivity contribution in [2.24, 2.45) is 0 Å². The SMILES string of the molecule is COC(=O)c1ccc(NC(=O)C(=O)NCC(C)(O)c2ccco2)cc1. The molecule has 0 bridgehead atoms. The average molecular weight is 346 g/mol. The molecule has 25 heavy (non-hydrogen) atoms. The van der Waals surface area contributed by atoms with Crippen LogP contribution in [0.5, 0.6) is 0 Å². The summed E-state index contributed by atoms with van der Waals surface area (Å²) in [5, 5.41) is 14.9. The summed E-state index contributed by atoms with van der Waals surface area (Å²) in [6.07, 6.45) is 1.40. The number of benzene rings is 1. The van der Waals surface area contributed by atoms with Crippen LogP contribution in [0.2, 0.25) is 0 Å². The number of methoxy groups -OCH3 is 1. The summed E-state index contributed by atoms with van der Waals surface area (Å²) in [6.45, 7) is 1.25. The molecule has 8 heteroatoms. The first kappa shape index (κ1) is 18.2. The molecule has 1 aromatic heterocycles. The lowest BCUT2D eigenvalue weighted by Gasteiger charge is -2.20. The molecule has 1 atom stereocenters. The van der Waals surface area contributed by atoms with E-state index in [0.29, 0.717) is 11.3 Å². The summed E-state index contributed by atoms with van der Waals surface area (Å²) in [7, 11) is 1.26. The van der Waals surface area contributed by atoms with Gasteiger partial charge in [-0.1, -0.05) is 0 Å². The summed E-state index contributed by atoms with van der Waals surface area (Å²) >= 11 is 0. The molecule has 2 amide bonds.